The molecule has 2 aromatic rings. The van der Waals surface area contributed by atoms with E-state index in [1.807, 2.05) is 19.9 Å². The molecule has 2 rings (SSSR count). The molecule has 1 unspecified atom stereocenters. The quantitative estimate of drug-likeness (QED) is 0.789. The van der Waals surface area contributed by atoms with Crippen LogP contribution in [0.5, 0.6) is 0 Å². The zero-order valence-electron chi connectivity index (χ0n) is 12.8. The molecule has 118 valence electrons. The summed E-state index contributed by atoms with van der Waals surface area (Å²) in [5, 5.41) is 6.22. The molecule has 0 saturated heterocycles. The molecule has 0 aromatic carbocycles. The van der Waals surface area contributed by atoms with E-state index >= 15 is 0 Å². The largest absolute Gasteiger partial charge is 0.453 e. The maximum atomic E-state index is 12.3. The molecular weight excluding hydrogens is 284 g/mol. The van der Waals surface area contributed by atoms with Crippen LogP contribution in [0.15, 0.2) is 24.5 Å². The Balaban J connectivity index is 2.09. The van der Waals surface area contributed by atoms with Crippen molar-refractivity contribution in [3.63, 3.8) is 0 Å². The van der Waals surface area contributed by atoms with Crippen molar-refractivity contribution in [1.82, 2.24) is 15.3 Å². The van der Waals surface area contributed by atoms with Gasteiger partial charge in [0.15, 0.2) is 0 Å². The summed E-state index contributed by atoms with van der Waals surface area (Å²) < 4.78 is 4.56. The molecule has 0 radical (unpaired) electrons. The highest BCUT2D eigenvalue weighted by molar-refractivity contribution is 5.97. The van der Waals surface area contributed by atoms with Crippen molar-refractivity contribution in [2.45, 2.75) is 26.3 Å². The zero-order chi connectivity index (χ0) is 16.1. The highest BCUT2D eigenvalue weighted by Crippen LogP contribution is 2.15. The molecule has 0 spiro atoms. The van der Waals surface area contributed by atoms with E-state index < -0.39 is 12.1 Å². The molecular formula is C15H20N4O3. The van der Waals surface area contributed by atoms with Gasteiger partial charge in [0.05, 0.1) is 18.8 Å². The van der Waals surface area contributed by atoms with Crippen LogP contribution in [0.3, 0.4) is 0 Å². The van der Waals surface area contributed by atoms with E-state index in [0.717, 1.165) is 10.9 Å². The number of fused-ring (bicyclic) bond motifs is 1. The van der Waals surface area contributed by atoms with Gasteiger partial charge >= 0.3 is 6.09 Å². The normalized spacial score (nSPS) is 12.2. The molecule has 1 atom stereocenters. The number of carbonyl (C=O) groups is 2. The number of pyridine rings is 1. The number of rotatable bonds is 5. The third-order valence-electron chi connectivity index (χ3n) is 3.19. The lowest BCUT2D eigenvalue weighted by Gasteiger charge is -2.19. The Morgan fingerprint density at radius 3 is 2.86 bits per heavy atom. The number of amides is 2. The summed E-state index contributed by atoms with van der Waals surface area (Å²) >= 11 is 0. The van der Waals surface area contributed by atoms with Crippen molar-refractivity contribution in [1.29, 1.82) is 0 Å². The van der Waals surface area contributed by atoms with Crippen LogP contribution in [-0.4, -0.2) is 35.1 Å². The van der Waals surface area contributed by atoms with Gasteiger partial charge in [-0.15, -0.1) is 0 Å². The lowest BCUT2D eigenvalue weighted by Crippen LogP contribution is -2.44. The first-order chi connectivity index (χ1) is 10.5. The molecule has 7 heteroatoms. The van der Waals surface area contributed by atoms with Crippen molar-refractivity contribution >= 4 is 28.7 Å². The molecule has 2 amide bonds. The summed E-state index contributed by atoms with van der Waals surface area (Å²) in [6, 6.07) is 3.00. The minimum Gasteiger partial charge on any atom is -0.453 e. The average Bonchev–Trinajstić information content (AvgIpc) is 2.93. The summed E-state index contributed by atoms with van der Waals surface area (Å²) in [5.41, 5.74) is 0.893. The van der Waals surface area contributed by atoms with Gasteiger partial charge in [-0.2, -0.15) is 0 Å². The molecule has 2 aromatic heterocycles. The number of hydrogen-bond acceptors (Lipinski definition) is 4. The predicted octanol–water partition coefficient (Wildman–Crippen LogP) is 2.27. The Bertz CT molecular complexity index is 666. The Morgan fingerprint density at radius 1 is 1.41 bits per heavy atom. The molecule has 0 aliphatic carbocycles. The Morgan fingerprint density at radius 2 is 2.18 bits per heavy atom. The number of hydrogen-bond donors (Lipinski definition) is 3. The topological polar surface area (TPSA) is 96.1 Å². The molecule has 0 bridgehead atoms. The molecule has 7 nitrogen and oxygen atoms in total. The smallest absolute Gasteiger partial charge is 0.407 e. The third-order valence-corrected chi connectivity index (χ3v) is 3.19. The summed E-state index contributed by atoms with van der Waals surface area (Å²) in [7, 11) is 1.26. The minimum absolute atomic E-state index is 0.244. The fourth-order valence-corrected chi connectivity index (χ4v) is 2.14. The second kappa shape index (κ2) is 6.93. The maximum absolute atomic E-state index is 12.3. The first-order valence-electron chi connectivity index (χ1n) is 7.08. The van der Waals surface area contributed by atoms with Gasteiger partial charge in [-0.25, -0.2) is 9.78 Å². The molecule has 0 aliphatic rings. The molecule has 0 aliphatic heterocycles. The van der Waals surface area contributed by atoms with E-state index in [0.29, 0.717) is 12.2 Å². The maximum Gasteiger partial charge on any atom is 0.407 e. The Hall–Kier alpha value is -2.57. The number of nitrogens with one attached hydrogen (secondary N) is 3. The Labute approximate surface area is 128 Å². The van der Waals surface area contributed by atoms with Gasteiger partial charge in [0.25, 0.3) is 0 Å². The fraction of sp³-hybridized carbons (Fsp3) is 0.400. The molecule has 0 saturated carbocycles. The van der Waals surface area contributed by atoms with Gasteiger partial charge in [0.2, 0.25) is 5.91 Å². The van der Waals surface area contributed by atoms with Crippen LogP contribution in [-0.2, 0) is 9.53 Å². The molecule has 0 fully saturated rings. The van der Waals surface area contributed by atoms with Gasteiger partial charge in [-0.05, 0) is 24.5 Å². The van der Waals surface area contributed by atoms with Gasteiger partial charge in [-0.3, -0.25) is 4.79 Å². The summed E-state index contributed by atoms with van der Waals surface area (Å²) in [6.45, 7) is 3.95. The van der Waals surface area contributed by atoms with Crippen LogP contribution >= 0.6 is 0 Å². The van der Waals surface area contributed by atoms with E-state index in [1.54, 1.807) is 18.5 Å². The van der Waals surface area contributed by atoms with E-state index in [4.69, 9.17) is 0 Å². The number of anilines is 1. The van der Waals surface area contributed by atoms with Crippen molar-refractivity contribution in [3.05, 3.63) is 24.5 Å². The highest BCUT2D eigenvalue weighted by Gasteiger charge is 2.22. The number of aromatic nitrogens is 2. The SMILES string of the molecule is COC(=O)NC(CC(C)C)C(=O)Nc1cc2cc[nH]c2cn1. The van der Waals surface area contributed by atoms with E-state index in [-0.39, 0.29) is 11.8 Å². The number of aromatic amines is 1. The molecule has 3 N–H and O–H groups in total. The van der Waals surface area contributed by atoms with Gasteiger partial charge in [0, 0.05) is 11.6 Å². The molecule has 2 heterocycles. The van der Waals surface area contributed by atoms with Crippen LogP contribution in [0.2, 0.25) is 0 Å². The van der Waals surface area contributed by atoms with Crippen LogP contribution in [0.25, 0.3) is 10.9 Å². The first kappa shape index (κ1) is 15.8. The highest BCUT2D eigenvalue weighted by atomic mass is 16.5. The van der Waals surface area contributed by atoms with Crippen LogP contribution in [0.1, 0.15) is 20.3 Å². The summed E-state index contributed by atoms with van der Waals surface area (Å²) in [4.78, 5) is 30.9. The number of methoxy groups -OCH3 is 1. The van der Waals surface area contributed by atoms with Gasteiger partial charge < -0.3 is 20.4 Å². The number of carbonyl (C=O) groups excluding carboxylic acids is 2. The lowest BCUT2D eigenvalue weighted by molar-refractivity contribution is -0.118. The molecule has 22 heavy (non-hydrogen) atoms. The van der Waals surface area contributed by atoms with Gasteiger partial charge in [-0.1, -0.05) is 13.8 Å². The van der Waals surface area contributed by atoms with Crippen molar-refractivity contribution in [2.75, 3.05) is 12.4 Å². The third kappa shape index (κ3) is 3.97. The lowest BCUT2D eigenvalue weighted by atomic mass is 10.0. The Kier molecular flexibility index (Phi) is 4.98. The van der Waals surface area contributed by atoms with E-state index in [9.17, 15) is 9.59 Å². The first-order valence-corrected chi connectivity index (χ1v) is 7.08. The second-order valence-electron chi connectivity index (χ2n) is 5.44. The number of ether oxygens (including phenoxy) is 1. The van der Waals surface area contributed by atoms with Crippen LogP contribution in [0, 0.1) is 5.92 Å². The fourth-order valence-electron chi connectivity index (χ4n) is 2.14. The predicted molar refractivity (Wildman–Crippen MR) is 83.5 cm³/mol. The summed E-state index contributed by atoms with van der Waals surface area (Å²) in [6.07, 6.45) is 3.33. The van der Waals surface area contributed by atoms with Crippen molar-refractivity contribution in [2.24, 2.45) is 5.92 Å². The minimum atomic E-state index is -0.670. The number of nitrogens with zero attached hydrogens (tertiary/aromatic N) is 1. The van der Waals surface area contributed by atoms with E-state index in [1.165, 1.54) is 7.11 Å². The van der Waals surface area contributed by atoms with Crippen LogP contribution < -0.4 is 10.6 Å². The van der Waals surface area contributed by atoms with Gasteiger partial charge in [0.1, 0.15) is 11.9 Å². The van der Waals surface area contributed by atoms with Crippen LogP contribution in [0.4, 0.5) is 10.6 Å². The van der Waals surface area contributed by atoms with Crippen molar-refractivity contribution in [3.8, 4) is 0 Å². The average molecular weight is 304 g/mol. The number of alkyl carbamates (subject to hydrolysis) is 1. The standard InChI is InChI=1S/C15H20N4O3/c1-9(2)6-11(18-15(21)22-3)14(20)19-13-7-10-4-5-16-12(10)8-17-13/h4-5,7-9,11,16H,6H2,1-3H3,(H,18,21)(H,17,19,20). The monoisotopic (exact) mass is 304 g/mol. The van der Waals surface area contributed by atoms with E-state index in [2.05, 4.69) is 25.3 Å². The number of H-pyrrole nitrogens is 1. The van der Waals surface area contributed by atoms with Crippen molar-refractivity contribution < 1.29 is 14.3 Å². The zero-order valence-corrected chi connectivity index (χ0v) is 12.8. The summed E-state index contributed by atoms with van der Waals surface area (Å²) in [5.74, 6) is 0.368. The second-order valence-corrected chi connectivity index (χ2v) is 5.44.